The molecule has 0 unspecified atom stereocenters. The van der Waals surface area contributed by atoms with Crippen LogP contribution in [0.4, 0.5) is 8.78 Å². The molecule has 21 heteroatoms. The molecule has 9 saturated carbocycles. The summed E-state index contributed by atoms with van der Waals surface area (Å²) < 4.78 is 30.6. The predicted molar refractivity (Wildman–Crippen MR) is 514 cm³/mol. The Balaban J connectivity index is 0.000000145. The number of likely N-dealkylation sites (tertiary alicyclic amines) is 1. The predicted octanol–water partition coefficient (Wildman–Crippen LogP) is 19.2. The third-order valence-electron chi connectivity index (χ3n) is 28.7. The zero-order valence-electron chi connectivity index (χ0n) is 77.8. The number of halogens is 2. The van der Waals surface area contributed by atoms with Crippen molar-refractivity contribution in [1.29, 1.82) is 0 Å². The zero-order chi connectivity index (χ0) is 93.6. The van der Waals surface area contributed by atoms with Crippen molar-refractivity contribution in [3.05, 3.63) is 268 Å². The molecule has 702 valence electrons. The minimum absolute atomic E-state index is 0.0272. The van der Waals surface area contributed by atoms with E-state index in [1.807, 2.05) is 122 Å². The number of alkyl halides is 1. The van der Waals surface area contributed by atoms with Gasteiger partial charge in [-0.3, -0.25) is 53.9 Å². The summed E-state index contributed by atoms with van der Waals surface area (Å²) in [4.78, 5) is 99.7. The molecule has 19 nitrogen and oxygen atoms in total. The van der Waals surface area contributed by atoms with E-state index < -0.39 is 39.9 Å². The highest BCUT2D eigenvalue weighted by molar-refractivity contribution is 5.95. The lowest BCUT2D eigenvalue weighted by Crippen LogP contribution is -2.58. The third kappa shape index (κ3) is 24.4. The van der Waals surface area contributed by atoms with Gasteiger partial charge in [-0.2, -0.15) is 0 Å². The average Bonchev–Trinajstić information content (AvgIpc) is 1.10. The Labute approximate surface area is 775 Å². The Morgan fingerprint density at radius 3 is 1.17 bits per heavy atom. The molecule has 18 rings (SSSR count). The average molecular weight is 1790 g/mol. The summed E-state index contributed by atoms with van der Waals surface area (Å²) in [6, 6.07) is 66.8. The highest BCUT2D eigenvalue weighted by Crippen LogP contribution is 2.46. The minimum atomic E-state index is -0.969. The smallest absolute Gasteiger partial charge is 0.157 e. The number of hydrogen-bond donors (Lipinski definition) is 9. The molecule has 0 bridgehead atoms. The van der Waals surface area contributed by atoms with Crippen molar-refractivity contribution in [3.8, 4) is 17.2 Å². The highest BCUT2D eigenvalue weighted by Gasteiger charge is 2.50. The zero-order valence-corrected chi connectivity index (χ0v) is 77.8. The molecule has 1 heterocycles. The first-order valence-electron chi connectivity index (χ1n) is 48.4. The van der Waals surface area contributed by atoms with Gasteiger partial charge in [0.15, 0.2) is 46.3 Å². The molecule has 131 heavy (non-hydrogen) atoms. The summed E-state index contributed by atoms with van der Waals surface area (Å²) in [6.45, 7) is 6.98. The fourth-order valence-corrected chi connectivity index (χ4v) is 20.8. The number of hydrogen-bond acceptors (Lipinski definition) is 19. The summed E-state index contributed by atoms with van der Waals surface area (Å²) in [5.41, 5.74) is 21.8. The van der Waals surface area contributed by atoms with Crippen LogP contribution in [0.1, 0.15) is 288 Å². The number of ketones is 8. The van der Waals surface area contributed by atoms with Crippen molar-refractivity contribution in [3.63, 3.8) is 0 Å². The Kier molecular flexibility index (Phi) is 37.3. The van der Waals surface area contributed by atoms with Crippen LogP contribution in [0.5, 0.6) is 17.2 Å². The molecular weight excluding hydrogens is 1650 g/mol. The van der Waals surface area contributed by atoms with Crippen molar-refractivity contribution in [2.75, 3.05) is 47.0 Å². The van der Waals surface area contributed by atoms with Gasteiger partial charge in [-0.05, 0) is 224 Å². The van der Waals surface area contributed by atoms with Crippen LogP contribution in [0.15, 0.2) is 212 Å². The Morgan fingerprint density at radius 1 is 0.382 bits per heavy atom. The van der Waals surface area contributed by atoms with Crippen LogP contribution in [-0.2, 0) is 82.7 Å². The van der Waals surface area contributed by atoms with E-state index in [0.29, 0.717) is 91.4 Å². The number of aromatic hydroxyl groups is 2. The number of phenolic OH excluding ortho intramolecular Hbond substituents is 2. The summed E-state index contributed by atoms with van der Waals surface area (Å²) in [5.74, 6) is 2.62. The molecule has 0 radical (unpaired) electrons. The summed E-state index contributed by atoms with van der Waals surface area (Å²) in [7, 11) is 3.45. The van der Waals surface area contributed by atoms with Gasteiger partial charge in [0.2, 0.25) is 0 Å². The van der Waals surface area contributed by atoms with Crippen molar-refractivity contribution in [2.24, 2.45) is 17.2 Å². The van der Waals surface area contributed by atoms with Gasteiger partial charge in [-0.15, -0.1) is 0 Å². The van der Waals surface area contributed by atoms with Gasteiger partial charge in [-0.1, -0.05) is 234 Å². The molecule has 8 aromatic carbocycles. The lowest BCUT2D eigenvalue weighted by Gasteiger charge is -2.50. The van der Waals surface area contributed by atoms with Crippen molar-refractivity contribution >= 4 is 46.3 Å². The molecule has 1 saturated heterocycles. The summed E-state index contributed by atoms with van der Waals surface area (Å²) >= 11 is 0. The van der Waals surface area contributed by atoms with Crippen LogP contribution < -0.4 is 43.2 Å². The van der Waals surface area contributed by atoms with Crippen LogP contribution in [0, 0.1) is 12.7 Å². The number of rotatable bonds is 19. The second kappa shape index (κ2) is 48.1. The maximum absolute atomic E-state index is 13.1. The largest absolute Gasteiger partial charge is 0.508 e. The van der Waals surface area contributed by atoms with Gasteiger partial charge in [-0.25, -0.2) is 8.78 Å². The molecule has 10 fully saturated rings. The number of phenols is 2. The SMILES string of the molecule is CCCN[C@@]1(c2ccc(OC)cc2)CCCCC1=O.CN[C@@]1(c2ccccc2O)CCCCC1=O.Cc1ccccc1[C@]1(N)CCCCC1=O.N[C@@]1(c2cccc(F)c2)CCCCC1=O.N[C@@]1(c2ccccc2O)CCCCC1=O.O=C1CCCC[C@@]1(NC1CC1)c1ccccc1.O=C1CCCC[C@@]1(NCCF)c1ccccc1.O=C1CCCC[C@]1(c1ccccc1)N1CCC1. The monoisotopic (exact) mass is 1790 g/mol. The maximum atomic E-state index is 13.1. The number of benzene rings is 8. The second-order valence-electron chi connectivity index (χ2n) is 37.2. The molecule has 0 spiro atoms. The van der Waals surface area contributed by atoms with Crippen LogP contribution in [0.25, 0.3) is 0 Å². The van der Waals surface area contributed by atoms with Gasteiger partial charge < -0.3 is 42.8 Å². The Hall–Kier alpha value is -9.94. The fraction of sp³-hybridized carbons (Fsp3) is 0.491. The minimum Gasteiger partial charge on any atom is -0.508 e. The normalized spacial score (nSPS) is 26.6. The van der Waals surface area contributed by atoms with Crippen molar-refractivity contribution in [2.45, 2.75) is 295 Å². The van der Waals surface area contributed by atoms with E-state index >= 15 is 0 Å². The van der Waals surface area contributed by atoms with Crippen molar-refractivity contribution in [1.82, 2.24) is 26.2 Å². The van der Waals surface area contributed by atoms with E-state index in [0.717, 1.165) is 207 Å². The lowest BCUT2D eigenvalue weighted by atomic mass is 9.73. The standard InChI is InChI=1S/C16H23NO2.2C15H19NO.C14H18FNO.C13H17NO2.C13H17NO.C12H14FNO.C12H15NO2/c1-3-12-17-16(11-5-4-6-15(16)18)13-7-9-14(19-2)10-8-13;17-14-9-4-5-10-15(14,16-11-6-12-16)13-7-2-1-3-8-13;17-14-8-4-5-11-15(14,16-13-9-10-13)12-6-2-1-3-7-12;15-10-11-16-14(9-5-4-8-13(14)17)12-6-2-1-3-7-12;1-14-13(9-5-4-8-12(13)16)10-6-2-3-7-11(10)15;1-10-6-2-3-7-11(10)13(14)9-5-4-8-12(13)15;13-10-5-3-4-9(8-10)12(14)7-2-1-6-11(12)15;13-12(8-4-3-7-11(12)15)9-5-1-2-6-10(9)14/h7-10,17H,3-6,11-12H2,1-2H3;1-3,7-8H,4-6,9-12H2;1-3,6-7,13,16H,4-5,8-11H2;1-3,6-7,16H,4-5,8-11H2;2-3,6-7,14-15H,4-5,8-9H2,1H3;2-3,6-7H,4-5,8-9,14H2,1H3;3-5,8H,1-2,6-7,14H2;1-2,5-6,14H,3-4,7-8,13H2/t16-;2*15-;14-;2*13-;2*12-/m11111111/s1. The number of nitrogens with two attached hydrogens (primary N) is 3. The molecule has 12 N–H and O–H groups in total. The van der Waals surface area contributed by atoms with Crippen LogP contribution in [0.3, 0.4) is 0 Å². The van der Waals surface area contributed by atoms with E-state index in [2.05, 4.69) is 69.5 Å². The fourth-order valence-electron chi connectivity index (χ4n) is 20.8. The summed E-state index contributed by atoms with van der Waals surface area (Å²) in [5, 5.41) is 33.0. The van der Waals surface area contributed by atoms with Gasteiger partial charge >= 0.3 is 0 Å². The number of nitrogens with one attached hydrogen (secondary N) is 4. The third-order valence-corrected chi connectivity index (χ3v) is 28.7. The number of para-hydroxylation sites is 2. The van der Waals surface area contributed by atoms with E-state index in [1.54, 1.807) is 62.7 Å². The molecule has 1 aliphatic heterocycles. The Morgan fingerprint density at radius 2 is 0.756 bits per heavy atom. The molecular formula is C110H142F2N8O11. The highest BCUT2D eigenvalue weighted by atomic mass is 19.1. The number of carbonyl (C=O) groups is 8. The molecule has 8 aromatic rings. The van der Waals surface area contributed by atoms with Crippen LogP contribution in [-0.4, -0.2) is 114 Å². The number of methoxy groups -OCH3 is 1. The number of ether oxygens (including phenoxy) is 1. The number of aryl methyl sites for hydroxylation is 1. The van der Waals surface area contributed by atoms with E-state index in [4.69, 9.17) is 21.9 Å². The molecule has 8 atom stereocenters. The lowest BCUT2D eigenvalue weighted by molar-refractivity contribution is -0.139. The van der Waals surface area contributed by atoms with Gasteiger partial charge in [0.05, 0.1) is 7.11 Å². The van der Waals surface area contributed by atoms with Gasteiger partial charge in [0, 0.05) is 88.2 Å². The first kappa shape index (κ1) is 102. The van der Waals surface area contributed by atoms with E-state index in [9.17, 15) is 57.4 Å². The van der Waals surface area contributed by atoms with E-state index in [-0.39, 0.29) is 63.9 Å². The quantitative estimate of drug-likeness (QED) is 0.0363. The Bertz CT molecular complexity index is 5000. The number of Topliss-reactive ketones (excluding diaryl/α,β-unsaturated/α-hetero) is 8. The van der Waals surface area contributed by atoms with Gasteiger partial charge in [0.25, 0.3) is 0 Å². The first-order valence-corrected chi connectivity index (χ1v) is 48.4. The summed E-state index contributed by atoms with van der Waals surface area (Å²) in [6.07, 6.45) is 32.4. The number of likely N-dealkylation sites (N-methyl/N-ethyl adjacent to an activating group) is 1. The second-order valence-corrected chi connectivity index (χ2v) is 37.2. The van der Waals surface area contributed by atoms with Gasteiger partial charge in [0.1, 0.15) is 74.1 Å². The number of carbonyl (C=O) groups excluding carboxylic acids is 8. The molecule has 9 aliphatic carbocycles. The topological polar surface area (TPSA) is 316 Å². The maximum Gasteiger partial charge on any atom is 0.157 e. The number of nitrogens with zero attached hydrogens (tertiary/aromatic N) is 1. The molecule has 10 aliphatic rings. The first-order chi connectivity index (χ1) is 63.3. The van der Waals surface area contributed by atoms with Crippen LogP contribution in [0.2, 0.25) is 0 Å². The molecule has 0 aromatic heterocycles. The van der Waals surface area contributed by atoms with Crippen molar-refractivity contribution < 1.29 is 62.1 Å². The van der Waals surface area contributed by atoms with E-state index in [1.165, 1.54) is 43.4 Å². The molecule has 0 amide bonds. The van der Waals surface area contributed by atoms with Crippen LogP contribution >= 0.6 is 0 Å².